The minimum absolute atomic E-state index is 0.489. The van der Waals surface area contributed by atoms with Crippen LogP contribution in [0, 0.1) is 0 Å². The van der Waals surface area contributed by atoms with Gasteiger partial charge in [0.15, 0.2) is 0 Å². The Bertz CT molecular complexity index is 468. The van der Waals surface area contributed by atoms with Crippen molar-refractivity contribution in [1.82, 2.24) is 14.3 Å². The molecule has 0 aliphatic rings. The Morgan fingerprint density at radius 1 is 1.38 bits per heavy atom. The molecule has 0 fully saturated rings. The van der Waals surface area contributed by atoms with Crippen LogP contribution in [0.15, 0.2) is 18.2 Å². The average molecular weight is 235 g/mol. The van der Waals surface area contributed by atoms with Gasteiger partial charge in [-0.05, 0) is 18.6 Å². The molecule has 0 aliphatic carbocycles. The summed E-state index contributed by atoms with van der Waals surface area (Å²) in [7, 11) is 0. The van der Waals surface area contributed by atoms with E-state index >= 15 is 0 Å². The standard InChI is InChI=1S/C10H13N5S/c1-2-4-9-14-10(16-15-9)13-8-6-3-5-7(11)12-8/h3,5-6H,2,4H2,1H3,(H3,11,12,13,14,15). The summed E-state index contributed by atoms with van der Waals surface area (Å²) in [6.45, 7) is 2.10. The molecular weight excluding hydrogens is 222 g/mol. The van der Waals surface area contributed by atoms with E-state index in [1.54, 1.807) is 6.07 Å². The Morgan fingerprint density at radius 2 is 2.25 bits per heavy atom. The third-order valence-corrected chi connectivity index (χ3v) is 2.62. The topological polar surface area (TPSA) is 76.7 Å². The molecule has 0 atom stereocenters. The molecule has 0 bridgehead atoms. The fourth-order valence-electron chi connectivity index (χ4n) is 1.26. The molecule has 6 heteroatoms. The number of nitrogens with one attached hydrogen (secondary N) is 1. The van der Waals surface area contributed by atoms with Crippen LogP contribution in [0.1, 0.15) is 19.2 Å². The summed E-state index contributed by atoms with van der Waals surface area (Å²) in [5.41, 5.74) is 5.58. The molecule has 0 amide bonds. The van der Waals surface area contributed by atoms with Crippen molar-refractivity contribution in [3.05, 3.63) is 24.0 Å². The fraction of sp³-hybridized carbons (Fsp3) is 0.300. The van der Waals surface area contributed by atoms with E-state index in [4.69, 9.17) is 5.73 Å². The van der Waals surface area contributed by atoms with E-state index in [-0.39, 0.29) is 0 Å². The molecule has 0 aromatic carbocycles. The first-order valence-corrected chi connectivity index (χ1v) is 5.87. The number of hydrogen-bond acceptors (Lipinski definition) is 6. The Labute approximate surface area is 97.9 Å². The summed E-state index contributed by atoms with van der Waals surface area (Å²) < 4.78 is 4.23. The zero-order chi connectivity index (χ0) is 11.4. The van der Waals surface area contributed by atoms with Gasteiger partial charge in [-0.3, -0.25) is 0 Å². The SMILES string of the molecule is CCCc1nsc(Nc2cccc(N)n2)n1. The summed E-state index contributed by atoms with van der Waals surface area (Å²) in [5, 5.41) is 3.83. The van der Waals surface area contributed by atoms with E-state index < -0.39 is 0 Å². The highest BCUT2D eigenvalue weighted by Crippen LogP contribution is 2.17. The predicted molar refractivity (Wildman–Crippen MR) is 65.8 cm³/mol. The zero-order valence-electron chi connectivity index (χ0n) is 8.97. The fourth-order valence-corrected chi connectivity index (χ4v) is 1.88. The lowest BCUT2D eigenvalue weighted by Gasteiger charge is -2.00. The Kier molecular flexibility index (Phi) is 3.31. The average Bonchev–Trinajstić information content (AvgIpc) is 2.66. The van der Waals surface area contributed by atoms with E-state index in [1.807, 2.05) is 12.1 Å². The largest absolute Gasteiger partial charge is 0.384 e. The second-order valence-corrected chi connectivity index (χ2v) is 4.09. The van der Waals surface area contributed by atoms with Gasteiger partial charge in [0, 0.05) is 18.0 Å². The van der Waals surface area contributed by atoms with E-state index in [1.165, 1.54) is 11.5 Å². The zero-order valence-corrected chi connectivity index (χ0v) is 9.79. The molecule has 0 aliphatic heterocycles. The van der Waals surface area contributed by atoms with Crippen LogP contribution < -0.4 is 11.1 Å². The maximum Gasteiger partial charge on any atom is 0.208 e. The lowest BCUT2D eigenvalue weighted by atomic mass is 10.3. The van der Waals surface area contributed by atoms with Crippen molar-refractivity contribution in [2.45, 2.75) is 19.8 Å². The van der Waals surface area contributed by atoms with Gasteiger partial charge in [-0.15, -0.1) is 0 Å². The van der Waals surface area contributed by atoms with Crippen LogP contribution in [0.5, 0.6) is 0 Å². The summed E-state index contributed by atoms with van der Waals surface area (Å²) in [4.78, 5) is 8.47. The molecule has 0 saturated heterocycles. The highest BCUT2D eigenvalue weighted by molar-refractivity contribution is 7.09. The molecule has 0 unspecified atom stereocenters. The molecular formula is C10H13N5S. The van der Waals surface area contributed by atoms with Crippen molar-refractivity contribution in [2.75, 3.05) is 11.1 Å². The van der Waals surface area contributed by atoms with Gasteiger partial charge in [0.25, 0.3) is 0 Å². The summed E-state index contributed by atoms with van der Waals surface area (Å²) in [6, 6.07) is 5.43. The van der Waals surface area contributed by atoms with Gasteiger partial charge in [-0.25, -0.2) is 9.97 Å². The monoisotopic (exact) mass is 235 g/mol. The molecule has 3 N–H and O–H groups in total. The molecule has 0 spiro atoms. The lowest BCUT2D eigenvalue weighted by molar-refractivity contribution is 0.862. The quantitative estimate of drug-likeness (QED) is 0.849. The number of aryl methyl sites for hydroxylation is 1. The van der Waals surface area contributed by atoms with Crippen molar-refractivity contribution >= 4 is 28.3 Å². The molecule has 84 valence electrons. The minimum Gasteiger partial charge on any atom is -0.384 e. The summed E-state index contributed by atoms with van der Waals surface area (Å²) in [6.07, 6.45) is 1.95. The first-order valence-electron chi connectivity index (χ1n) is 5.10. The van der Waals surface area contributed by atoms with Gasteiger partial charge >= 0.3 is 0 Å². The third kappa shape index (κ3) is 2.66. The minimum atomic E-state index is 0.489. The lowest BCUT2D eigenvalue weighted by Crippen LogP contribution is -1.96. The number of anilines is 3. The van der Waals surface area contributed by atoms with E-state index in [9.17, 15) is 0 Å². The molecule has 2 rings (SSSR count). The molecule has 16 heavy (non-hydrogen) atoms. The van der Waals surface area contributed by atoms with Gasteiger partial charge < -0.3 is 11.1 Å². The Balaban J connectivity index is 2.08. The van der Waals surface area contributed by atoms with Crippen LogP contribution in [0.3, 0.4) is 0 Å². The third-order valence-electron chi connectivity index (χ3n) is 1.95. The van der Waals surface area contributed by atoms with Crippen LogP contribution in [-0.4, -0.2) is 14.3 Å². The van der Waals surface area contributed by atoms with Crippen LogP contribution in [-0.2, 0) is 6.42 Å². The predicted octanol–water partition coefficient (Wildman–Crippen LogP) is 2.21. The first-order chi connectivity index (χ1) is 7.78. The van der Waals surface area contributed by atoms with E-state index in [0.717, 1.165) is 23.8 Å². The number of rotatable bonds is 4. The number of aromatic nitrogens is 3. The van der Waals surface area contributed by atoms with Gasteiger partial charge in [0.1, 0.15) is 17.5 Å². The van der Waals surface area contributed by atoms with Crippen LogP contribution in [0.2, 0.25) is 0 Å². The molecule has 2 aromatic rings. The maximum atomic E-state index is 5.58. The number of nitrogen functional groups attached to an aromatic ring is 1. The second kappa shape index (κ2) is 4.89. The Hall–Kier alpha value is -1.69. The summed E-state index contributed by atoms with van der Waals surface area (Å²) in [5.74, 6) is 2.06. The molecule has 2 aromatic heterocycles. The van der Waals surface area contributed by atoms with Gasteiger partial charge in [-0.2, -0.15) is 4.37 Å². The molecule has 2 heterocycles. The molecule has 5 nitrogen and oxygen atoms in total. The number of nitrogens with zero attached hydrogens (tertiary/aromatic N) is 3. The highest BCUT2D eigenvalue weighted by Gasteiger charge is 2.03. The van der Waals surface area contributed by atoms with Crippen LogP contribution >= 0.6 is 11.5 Å². The van der Waals surface area contributed by atoms with Crippen molar-refractivity contribution in [3.63, 3.8) is 0 Å². The normalized spacial score (nSPS) is 10.3. The Morgan fingerprint density at radius 3 is 3.00 bits per heavy atom. The smallest absolute Gasteiger partial charge is 0.208 e. The van der Waals surface area contributed by atoms with Gasteiger partial charge in [0.05, 0.1) is 0 Å². The number of pyridine rings is 1. The van der Waals surface area contributed by atoms with E-state index in [0.29, 0.717) is 11.6 Å². The van der Waals surface area contributed by atoms with Crippen LogP contribution in [0.4, 0.5) is 16.8 Å². The van der Waals surface area contributed by atoms with Gasteiger partial charge in [-0.1, -0.05) is 13.0 Å². The van der Waals surface area contributed by atoms with Crippen molar-refractivity contribution in [2.24, 2.45) is 0 Å². The van der Waals surface area contributed by atoms with E-state index in [2.05, 4.69) is 26.6 Å². The van der Waals surface area contributed by atoms with Crippen molar-refractivity contribution in [3.8, 4) is 0 Å². The number of nitrogens with two attached hydrogens (primary N) is 1. The number of hydrogen-bond donors (Lipinski definition) is 2. The first kappa shape index (κ1) is 10.8. The maximum absolute atomic E-state index is 5.58. The van der Waals surface area contributed by atoms with Crippen LogP contribution in [0.25, 0.3) is 0 Å². The highest BCUT2D eigenvalue weighted by atomic mass is 32.1. The van der Waals surface area contributed by atoms with Gasteiger partial charge in [0.2, 0.25) is 5.13 Å². The summed E-state index contributed by atoms with van der Waals surface area (Å²) >= 11 is 1.34. The second-order valence-electron chi connectivity index (χ2n) is 3.34. The van der Waals surface area contributed by atoms with Crippen molar-refractivity contribution in [1.29, 1.82) is 0 Å². The molecule has 0 radical (unpaired) electrons. The van der Waals surface area contributed by atoms with Crippen molar-refractivity contribution < 1.29 is 0 Å². The molecule has 0 saturated carbocycles.